The Morgan fingerprint density at radius 1 is 1.67 bits per heavy atom. The molecule has 5 heteroatoms. The number of amides is 1. The van der Waals surface area contributed by atoms with E-state index in [0.29, 0.717) is 23.9 Å². The molecule has 15 heavy (non-hydrogen) atoms. The van der Waals surface area contributed by atoms with Crippen LogP contribution in [0.1, 0.15) is 23.7 Å². The zero-order valence-corrected chi connectivity index (χ0v) is 9.94. The summed E-state index contributed by atoms with van der Waals surface area (Å²) in [6, 6.07) is 1.55. The Hall–Kier alpha value is -0.670. The van der Waals surface area contributed by atoms with Crippen LogP contribution < -0.4 is 5.32 Å². The molecule has 0 bridgehead atoms. The van der Waals surface area contributed by atoms with Gasteiger partial charge < -0.3 is 9.73 Å². The summed E-state index contributed by atoms with van der Waals surface area (Å²) >= 11 is 11.3. The van der Waals surface area contributed by atoms with Crippen LogP contribution in [0.25, 0.3) is 0 Å². The highest BCUT2D eigenvalue weighted by Crippen LogP contribution is 2.16. The number of hydrogen-bond donors (Lipinski definition) is 1. The summed E-state index contributed by atoms with van der Waals surface area (Å²) in [5.74, 6) is 0.746. The van der Waals surface area contributed by atoms with Crippen molar-refractivity contribution in [1.82, 2.24) is 5.32 Å². The second-order valence-electron chi connectivity index (χ2n) is 3.40. The maximum atomic E-state index is 11.5. The van der Waals surface area contributed by atoms with Crippen LogP contribution in [0, 0.1) is 5.92 Å². The summed E-state index contributed by atoms with van der Waals surface area (Å²) in [5, 5.41) is 2.89. The first-order chi connectivity index (χ1) is 7.15. The standard InChI is InChI=1S/C10H13Cl2NO2/c1-7(2-4-11)6-13-10(14)8-3-5-15-9(8)12/h3,5,7H,2,4,6H2,1H3,(H,13,14). The topological polar surface area (TPSA) is 42.2 Å². The zero-order valence-electron chi connectivity index (χ0n) is 8.43. The Kier molecular flexibility index (Phi) is 4.99. The van der Waals surface area contributed by atoms with Crippen LogP contribution >= 0.6 is 23.2 Å². The Balaban J connectivity index is 2.40. The highest BCUT2D eigenvalue weighted by atomic mass is 35.5. The molecule has 1 N–H and O–H groups in total. The smallest absolute Gasteiger partial charge is 0.256 e. The molecule has 1 rings (SSSR count). The van der Waals surface area contributed by atoms with Crippen molar-refractivity contribution in [2.75, 3.05) is 12.4 Å². The van der Waals surface area contributed by atoms with E-state index in [4.69, 9.17) is 27.6 Å². The van der Waals surface area contributed by atoms with Gasteiger partial charge in [0.1, 0.15) is 0 Å². The minimum absolute atomic E-state index is 0.123. The van der Waals surface area contributed by atoms with Gasteiger partial charge in [-0.05, 0) is 30.0 Å². The van der Waals surface area contributed by atoms with Crippen molar-refractivity contribution in [1.29, 1.82) is 0 Å². The van der Waals surface area contributed by atoms with E-state index in [1.54, 1.807) is 6.07 Å². The molecule has 0 aliphatic heterocycles. The van der Waals surface area contributed by atoms with Crippen molar-refractivity contribution >= 4 is 29.1 Å². The normalized spacial score (nSPS) is 12.5. The monoisotopic (exact) mass is 249 g/mol. The third-order valence-electron chi connectivity index (χ3n) is 2.08. The lowest BCUT2D eigenvalue weighted by Crippen LogP contribution is -2.28. The fraction of sp³-hybridized carbons (Fsp3) is 0.500. The average molecular weight is 250 g/mol. The van der Waals surface area contributed by atoms with E-state index < -0.39 is 0 Å². The van der Waals surface area contributed by atoms with Crippen LogP contribution in [0.4, 0.5) is 0 Å². The Morgan fingerprint density at radius 3 is 2.93 bits per heavy atom. The molecule has 1 amide bonds. The number of halogens is 2. The molecule has 3 nitrogen and oxygen atoms in total. The lowest BCUT2D eigenvalue weighted by molar-refractivity contribution is 0.0947. The summed E-state index contributed by atoms with van der Waals surface area (Å²) < 4.78 is 4.82. The summed E-state index contributed by atoms with van der Waals surface area (Å²) in [6.45, 7) is 2.62. The van der Waals surface area contributed by atoms with Crippen molar-refractivity contribution < 1.29 is 9.21 Å². The number of carbonyl (C=O) groups is 1. The van der Waals surface area contributed by atoms with Crippen molar-refractivity contribution in [3.05, 3.63) is 23.1 Å². The third-order valence-corrected chi connectivity index (χ3v) is 2.59. The van der Waals surface area contributed by atoms with Crippen LogP contribution in [-0.4, -0.2) is 18.3 Å². The van der Waals surface area contributed by atoms with Gasteiger partial charge in [0.05, 0.1) is 11.8 Å². The molecule has 0 saturated carbocycles. The predicted molar refractivity (Wildman–Crippen MR) is 60.6 cm³/mol. The van der Waals surface area contributed by atoms with Crippen LogP contribution in [0.15, 0.2) is 16.7 Å². The highest BCUT2D eigenvalue weighted by molar-refractivity contribution is 6.32. The van der Waals surface area contributed by atoms with Gasteiger partial charge >= 0.3 is 0 Å². The van der Waals surface area contributed by atoms with Crippen molar-refractivity contribution in [3.8, 4) is 0 Å². The predicted octanol–water partition coefficient (Wildman–Crippen LogP) is 2.93. The summed E-state index contributed by atoms with van der Waals surface area (Å²) in [4.78, 5) is 11.5. The van der Waals surface area contributed by atoms with Gasteiger partial charge in [-0.2, -0.15) is 0 Å². The molecule has 1 aromatic rings. The van der Waals surface area contributed by atoms with Crippen LogP contribution in [0.2, 0.25) is 5.22 Å². The van der Waals surface area contributed by atoms with E-state index >= 15 is 0 Å². The lowest BCUT2D eigenvalue weighted by Gasteiger charge is -2.10. The zero-order chi connectivity index (χ0) is 11.3. The van der Waals surface area contributed by atoms with Gasteiger partial charge in [-0.3, -0.25) is 4.79 Å². The minimum Gasteiger partial charge on any atom is -0.452 e. The molecule has 1 heterocycles. The number of carbonyl (C=O) groups excluding carboxylic acids is 1. The largest absolute Gasteiger partial charge is 0.452 e. The van der Waals surface area contributed by atoms with Gasteiger partial charge in [0, 0.05) is 12.4 Å². The van der Waals surface area contributed by atoms with Gasteiger partial charge in [-0.25, -0.2) is 0 Å². The first-order valence-electron chi connectivity index (χ1n) is 4.72. The molecule has 1 aromatic heterocycles. The Morgan fingerprint density at radius 2 is 2.40 bits per heavy atom. The fourth-order valence-electron chi connectivity index (χ4n) is 1.11. The van der Waals surface area contributed by atoms with Gasteiger partial charge in [0.25, 0.3) is 5.91 Å². The van der Waals surface area contributed by atoms with Gasteiger partial charge in [0.2, 0.25) is 5.22 Å². The van der Waals surface area contributed by atoms with E-state index in [-0.39, 0.29) is 11.1 Å². The molecule has 1 unspecified atom stereocenters. The molecular formula is C10H13Cl2NO2. The van der Waals surface area contributed by atoms with Crippen molar-refractivity contribution in [3.63, 3.8) is 0 Å². The van der Waals surface area contributed by atoms with E-state index in [0.717, 1.165) is 6.42 Å². The Labute approximate surface area is 98.7 Å². The van der Waals surface area contributed by atoms with Crippen LogP contribution in [0.3, 0.4) is 0 Å². The highest BCUT2D eigenvalue weighted by Gasteiger charge is 2.13. The molecule has 0 aliphatic rings. The third kappa shape index (κ3) is 3.76. The van der Waals surface area contributed by atoms with Crippen molar-refractivity contribution in [2.45, 2.75) is 13.3 Å². The molecule has 0 saturated heterocycles. The average Bonchev–Trinajstić information content (AvgIpc) is 2.61. The van der Waals surface area contributed by atoms with E-state index in [1.807, 2.05) is 6.92 Å². The van der Waals surface area contributed by atoms with Crippen molar-refractivity contribution in [2.24, 2.45) is 5.92 Å². The number of nitrogens with one attached hydrogen (secondary N) is 1. The molecule has 0 spiro atoms. The second-order valence-corrected chi connectivity index (χ2v) is 4.12. The summed E-state index contributed by atoms with van der Waals surface area (Å²) in [6.07, 6.45) is 2.26. The number of furan rings is 1. The molecule has 0 radical (unpaired) electrons. The first kappa shape index (κ1) is 12.4. The van der Waals surface area contributed by atoms with Crippen LogP contribution in [0.5, 0.6) is 0 Å². The first-order valence-corrected chi connectivity index (χ1v) is 5.63. The number of rotatable bonds is 5. The van der Waals surface area contributed by atoms with E-state index in [9.17, 15) is 4.79 Å². The second kappa shape index (κ2) is 6.03. The van der Waals surface area contributed by atoms with Gasteiger partial charge in [0.15, 0.2) is 0 Å². The number of alkyl halides is 1. The molecule has 0 aromatic carbocycles. The minimum atomic E-state index is -0.213. The van der Waals surface area contributed by atoms with Gasteiger partial charge in [-0.1, -0.05) is 6.92 Å². The molecular weight excluding hydrogens is 237 g/mol. The quantitative estimate of drug-likeness (QED) is 0.816. The van der Waals surface area contributed by atoms with E-state index in [1.165, 1.54) is 6.26 Å². The SMILES string of the molecule is CC(CCCl)CNC(=O)c1ccoc1Cl. The maximum absolute atomic E-state index is 11.5. The molecule has 0 aliphatic carbocycles. The molecule has 1 atom stereocenters. The Bertz CT molecular complexity index is 325. The molecule has 0 fully saturated rings. The maximum Gasteiger partial charge on any atom is 0.256 e. The lowest BCUT2D eigenvalue weighted by atomic mass is 10.1. The molecule has 84 valence electrons. The number of hydrogen-bond acceptors (Lipinski definition) is 2. The van der Waals surface area contributed by atoms with Crippen LogP contribution in [-0.2, 0) is 0 Å². The van der Waals surface area contributed by atoms with Gasteiger partial charge in [-0.15, -0.1) is 11.6 Å². The summed E-state index contributed by atoms with van der Waals surface area (Å²) in [7, 11) is 0. The fourth-order valence-corrected chi connectivity index (χ4v) is 1.68. The van der Waals surface area contributed by atoms with E-state index in [2.05, 4.69) is 5.32 Å². The summed E-state index contributed by atoms with van der Waals surface area (Å²) in [5.41, 5.74) is 0.370.